The van der Waals surface area contributed by atoms with Crippen molar-refractivity contribution in [3.05, 3.63) is 150 Å². The van der Waals surface area contributed by atoms with Crippen LogP contribution in [0.1, 0.15) is 48.1 Å². The molecule has 0 N–H and O–H groups in total. The second-order valence-electron chi connectivity index (χ2n) is 13.2. The van der Waals surface area contributed by atoms with Gasteiger partial charge >= 0.3 is 0 Å². The zero-order chi connectivity index (χ0) is 31.9. The zero-order valence-corrected chi connectivity index (χ0v) is 27.3. The minimum atomic E-state index is 0.427. The third kappa shape index (κ3) is 3.95. The first-order valence-corrected chi connectivity index (χ1v) is 17.6. The van der Waals surface area contributed by atoms with E-state index in [1.54, 1.807) is 0 Å². The first-order chi connectivity index (χ1) is 23.7. The lowest BCUT2D eigenvalue weighted by atomic mass is 9.92. The SMILES string of the molecule is CC1CC=Cc2c1n(-c1cccc3c1SC1CC=CC=C31)c1ccc(-c3ccc4c(c3)c3ccccc3n4-c3ccc(C#N)cc3)cc21. The third-order valence-electron chi connectivity index (χ3n) is 10.5. The number of benzene rings is 5. The Morgan fingerprint density at radius 3 is 2.33 bits per heavy atom. The Kier molecular flexibility index (Phi) is 6.04. The zero-order valence-electron chi connectivity index (χ0n) is 26.5. The Bertz CT molecular complexity index is 2620. The molecule has 3 nitrogen and oxygen atoms in total. The second kappa shape index (κ2) is 10.5. The van der Waals surface area contributed by atoms with Crippen molar-refractivity contribution in [2.45, 2.75) is 35.8 Å². The fraction of sp³-hybridized carbons (Fsp3) is 0.114. The smallest absolute Gasteiger partial charge is 0.0991 e. The molecule has 0 saturated heterocycles. The number of para-hydroxylation sites is 1. The van der Waals surface area contributed by atoms with Crippen LogP contribution in [0.5, 0.6) is 0 Å². The van der Waals surface area contributed by atoms with Gasteiger partial charge < -0.3 is 9.13 Å². The van der Waals surface area contributed by atoms with Crippen molar-refractivity contribution < 1.29 is 0 Å². The number of aromatic nitrogens is 2. The van der Waals surface area contributed by atoms with Gasteiger partial charge in [0.2, 0.25) is 0 Å². The normalized spacial score (nSPS) is 17.8. The molecular formula is C44H31N3S. The lowest BCUT2D eigenvalue weighted by molar-refractivity contribution is 0.721. The van der Waals surface area contributed by atoms with E-state index in [0.29, 0.717) is 16.7 Å². The second-order valence-corrected chi connectivity index (χ2v) is 14.4. The highest BCUT2D eigenvalue weighted by molar-refractivity contribution is 8.01. The van der Waals surface area contributed by atoms with Crippen LogP contribution in [0.15, 0.2) is 132 Å². The maximum absolute atomic E-state index is 9.36. The maximum atomic E-state index is 9.36. The van der Waals surface area contributed by atoms with E-state index in [1.165, 1.54) is 65.8 Å². The number of thioether (sulfide) groups is 1. The van der Waals surface area contributed by atoms with E-state index < -0.39 is 0 Å². The molecule has 0 amide bonds. The van der Waals surface area contributed by atoms with Gasteiger partial charge in [-0.25, -0.2) is 0 Å². The number of hydrogen-bond acceptors (Lipinski definition) is 2. The van der Waals surface area contributed by atoms with E-state index in [0.717, 1.165) is 29.6 Å². The van der Waals surface area contributed by atoms with Crippen LogP contribution in [-0.2, 0) is 0 Å². The van der Waals surface area contributed by atoms with Gasteiger partial charge in [-0.1, -0.05) is 79.8 Å². The van der Waals surface area contributed by atoms with Gasteiger partial charge in [-0.05, 0) is 95.8 Å². The Morgan fingerprint density at radius 1 is 0.729 bits per heavy atom. The summed E-state index contributed by atoms with van der Waals surface area (Å²) < 4.78 is 4.88. The quantitative estimate of drug-likeness (QED) is 0.194. The number of hydrogen-bond donors (Lipinski definition) is 0. The average Bonchev–Trinajstić information content (AvgIpc) is 3.80. The fourth-order valence-electron chi connectivity index (χ4n) is 8.23. The molecule has 4 heteroatoms. The highest BCUT2D eigenvalue weighted by Crippen LogP contribution is 2.52. The van der Waals surface area contributed by atoms with Crippen LogP contribution in [0.2, 0.25) is 0 Å². The molecule has 2 unspecified atom stereocenters. The summed E-state index contributed by atoms with van der Waals surface area (Å²) in [6, 6.07) is 39.5. The Hall–Kier alpha value is -5.50. The van der Waals surface area contributed by atoms with Crippen molar-refractivity contribution in [2.24, 2.45) is 0 Å². The van der Waals surface area contributed by atoms with Crippen LogP contribution in [-0.4, -0.2) is 14.4 Å². The van der Waals surface area contributed by atoms with Gasteiger partial charge in [0.15, 0.2) is 0 Å². The van der Waals surface area contributed by atoms with Crippen molar-refractivity contribution in [2.75, 3.05) is 0 Å². The third-order valence-corrected chi connectivity index (χ3v) is 11.9. The summed E-state index contributed by atoms with van der Waals surface area (Å²) in [4.78, 5) is 1.41. The van der Waals surface area contributed by atoms with Crippen LogP contribution >= 0.6 is 11.8 Å². The summed E-state index contributed by atoms with van der Waals surface area (Å²) in [7, 11) is 0. The van der Waals surface area contributed by atoms with Crippen LogP contribution in [0.4, 0.5) is 0 Å². The monoisotopic (exact) mass is 633 g/mol. The first-order valence-electron chi connectivity index (χ1n) is 16.7. The molecule has 2 atom stereocenters. The topological polar surface area (TPSA) is 33.6 Å². The molecule has 0 spiro atoms. The van der Waals surface area contributed by atoms with Crippen LogP contribution in [0, 0.1) is 11.3 Å². The van der Waals surface area contributed by atoms with Gasteiger partial charge in [-0.2, -0.15) is 5.26 Å². The average molecular weight is 634 g/mol. The standard InChI is InChI=1S/C44H31N3S/c1-27-8-6-11-34-37-25-30(19-23-40(37)47(43(27)34)41-14-7-12-35-33-10-3-5-15-42(33)48-44(35)41)29-18-22-39-36(24-29)32-9-2-4-13-38(32)46(39)31-20-16-28(26-45)17-21-31/h2-7,9-14,16-25,27,42H,8,15H2,1H3. The van der Waals surface area contributed by atoms with Crippen molar-refractivity contribution in [3.63, 3.8) is 0 Å². The number of nitriles is 1. The highest BCUT2D eigenvalue weighted by atomic mass is 32.2. The minimum absolute atomic E-state index is 0.427. The van der Waals surface area contributed by atoms with Crippen molar-refractivity contribution >= 4 is 56.1 Å². The molecule has 0 fully saturated rings. The number of allylic oxidation sites excluding steroid dienone is 4. The van der Waals surface area contributed by atoms with Crippen molar-refractivity contribution in [3.8, 4) is 28.6 Å². The molecule has 10 rings (SSSR count). The summed E-state index contributed by atoms with van der Waals surface area (Å²) >= 11 is 2.03. The predicted octanol–water partition coefficient (Wildman–Crippen LogP) is 11.6. The Balaban J connectivity index is 1.15. The van der Waals surface area contributed by atoms with E-state index in [-0.39, 0.29) is 0 Å². The van der Waals surface area contributed by atoms with Gasteiger partial charge in [0.05, 0.1) is 33.9 Å². The molecule has 0 radical (unpaired) electrons. The van der Waals surface area contributed by atoms with Gasteiger partial charge in [0.25, 0.3) is 0 Å². The first kappa shape index (κ1) is 27.6. The van der Waals surface area contributed by atoms with Gasteiger partial charge in [-0.3, -0.25) is 0 Å². The van der Waals surface area contributed by atoms with E-state index in [9.17, 15) is 5.26 Å². The summed E-state index contributed by atoms with van der Waals surface area (Å²) in [6.07, 6.45) is 13.7. The van der Waals surface area contributed by atoms with Gasteiger partial charge in [0.1, 0.15) is 0 Å². The molecule has 228 valence electrons. The summed E-state index contributed by atoms with van der Waals surface area (Å²) in [5, 5.41) is 13.6. The van der Waals surface area contributed by atoms with Crippen LogP contribution in [0.25, 0.3) is 66.9 Å². The molecule has 1 aliphatic heterocycles. The molecule has 2 aromatic heterocycles. The van der Waals surface area contributed by atoms with E-state index >= 15 is 0 Å². The van der Waals surface area contributed by atoms with E-state index in [1.807, 2.05) is 36.0 Å². The van der Waals surface area contributed by atoms with Crippen molar-refractivity contribution in [1.29, 1.82) is 5.26 Å². The molecule has 3 aliphatic rings. The molecule has 3 heterocycles. The lowest BCUT2D eigenvalue weighted by Gasteiger charge is -2.21. The minimum Gasteiger partial charge on any atom is -0.312 e. The maximum Gasteiger partial charge on any atom is 0.0991 e. The molecule has 48 heavy (non-hydrogen) atoms. The molecule has 7 aromatic rings. The Labute approximate surface area is 283 Å². The number of fused-ring (bicyclic) bond motifs is 9. The molecule has 5 aromatic carbocycles. The summed E-state index contributed by atoms with van der Waals surface area (Å²) in [6.45, 7) is 2.37. The Morgan fingerprint density at radius 2 is 1.50 bits per heavy atom. The van der Waals surface area contributed by atoms with E-state index in [2.05, 4.69) is 131 Å². The van der Waals surface area contributed by atoms with Crippen molar-refractivity contribution in [1.82, 2.24) is 9.13 Å². The summed E-state index contributed by atoms with van der Waals surface area (Å²) in [5.74, 6) is 0.427. The fourth-order valence-corrected chi connectivity index (χ4v) is 9.65. The molecule has 0 saturated carbocycles. The summed E-state index contributed by atoms with van der Waals surface area (Å²) in [5.41, 5.74) is 14.7. The van der Waals surface area contributed by atoms with E-state index in [4.69, 9.17) is 0 Å². The van der Waals surface area contributed by atoms with Gasteiger partial charge in [-0.15, -0.1) is 11.8 Å². The highest BCUT2D eigenvalue weighted by Gasteiger charge is 2.32. The largest absolute Gasteiger partial charge is 0.312 e. The molecule has 2 aliphatic carbocycles. The molecule has 0 bridgehead atoms. The lowest BCUT2D eigenvalue weighted by Crippen LogP contribution is -2.08. The van der Waals surface area contributed by atoms with Crippen LogP contribution < -0.4 is 0 Å². The van der Waals surface area contributed by atoms with Gasteiger partial charge in [0, 0.05) is 49.2 Å². The predicted molar refractivity (Wildman–Crippen MR) is 201 cm³/mol. The number of nitrogens with zero attached hydrogens (tertiary/aromatic N) is 3. The molecular weight excluding hydrogens is 603 g/mol. The number of rotatable bonds is 3. The van der Waals surface area contributed by atoms with Crippen LogP contribution in [0.3, 0.4) is 0 Å².